The Morgan fingerprint density at radius 3 is 2.44 bits per heavy atom. The van der Waals surface area contributed by atoms with Gasteiger partial charge in [-0.05, 0) is 61.9 Å². The van der Waals surface area contributed by atoms with Crippen LogP contribution in [0.15, 0.2) is 65.6 Å². The molecule has 2 aliphatic rings. The molecule has 0 amide bonds. The predicted octanol–water partition coefficient (Wildman–Crippen LogP) is 4.48. The molecule has 2 aromatic carbocycles. The van der Waals surface area contributed by atoms with Gasteiger partial charge in [0.25, 0.3) is 0 Å². The van der Waals surface area contributed by atoms with E-state index in [-0.39, 0.29) is 11.3 Å². The fourth-order valence-electron chi connectivity index (χ4n) is 4.60. The van der Waals surface area contributed by atoms with Crippen LogP contribution in [0.5, 0.6) is 5.75 Å². The molecule has 2 fully saturated rings. The molecule has 10 heteroatoms. The summed E-state index contributed by atoms with van der Waals surface area (Å²) in [5.41, 5.74) is 1.36. The van der Waals surface area contributed by atoms with Crippen molar-refractivity contribution in [3.8, 4) is 11.4 Å². The van der Waals surface area contributed by atoms with Crippen molar-refractivity contribution in [2.75, 3.05) is 29.3 Å². The lowest BCUT2D eigenvalue weighted by Gasteiger charge is -2.34. The smallest absolute Gasteiger partial charge is 0.316 e. The van der Waals surface area contributed by atoms with Crippen LogP contribution >= 0.6 is 11.6 Å². The number of nitrogens with one attached hydrogen (secondary N) is 1. The maximum absolute atomic E-state index is 13.5. The second kappa shape index (κ2) is 10.5. The first-order valence-corrected chi connectivity index (χ1v) is 14.2. The zero-order valence-corrected chi connectivity index (χ0v) is 21.4. The molecule has 36 heavy (non-hydrogen) atoms. The van der Waals surface area contributed by atoms with Gasteiger partial charge in [0.15, 0.2) is 0 Å². The Bertz CT molecular complexity index is 1370. The summed E-state index contributed by atoms with van der Waals surface area (Å²) in [4.78, 5) is 15.5. The molecule has 190 valence electrons. The average Bonchev–Trinajstić information content (AvgIpc) is 2.84. The molecule has 8 nitrogen and oxygen atoms in total. The first-order chi connectivity index (χ1) is 17.4. The highest BCUT2D eigenvalue weighted by molar-refractivity contribution is 7.93. The number of aromatic nitrogens is 2. The van der Waals surface area contributed by atoms with E-state index in [1.54, 1.807) is 54.7 Å². The van der Waals surface area contributed by atoms with Gasteiger partial charge in [0.1, 0.15) is 5.69 Å². The van der Waals surface area contributed by atoms with Crippen LogP contribution in [0.1, 0.15) is 32.1 Å². The minimum atomic E-state index is -3.53. The number of ether oxygens (including phenoxy) is 1. The third kappa shape index (κ3) is 5.37. The Morgan fingerprint density at radius 1 is 1.03 bits per heavy atom. The van der Waals surface area contributed by atoms with Gasteiger partial charge in [-0.2, -0.15) is 9.78 Å². The van der Waals surface area contributed by atoms with E-state index in [1.165, 1.54) is 11.1 Å². The SMILES string of the molecule is O=c1c(OCC2CCC2)c(N2CCC(S(=O)(=O)Nc3ccccc3)CC2)cnn1-c1cccc(Cl)c1. The molecule has 0 unspecified atom stereocenters. The molecule has 1 N–H and O–H groups in total. The number of piperidine rings is 1. The minimum absolute atomic E-state index is 0.251. The molecule has 1 aliphatic heterocycles. The molecule has 1 aromatic heterocycles. The number of anilines is 2. The number of hydrogen-bond acceptors (Lipinski definition) is 6. The summed E-state index contributed by atoms with van der Waals surface area (Å²) in [6.07, 6.45) is 5.88. The molecule has 0 bridgehead atoms. The van der Waals surface area contributed by atoms with Crippen LogP contribution in [0.25, 0.3) is 5.69 Å². The Balaban J connectivity index is 1.36. The molecule has 2 heterocycles. The van der Waals surface area contributed by atoms with Gasteiger partial charge in [0.2, 0.25) is 15.8 Å². The lowest BCUT2D eigenvalue weighted by molar-refractivity contribution is 0.178. The monoisotopic (exact) mass is 528 g/mol. The van der Waals surface area contributed by atoms with Gasteiger partial charge in [-0.1, -0.05) is 42.3 Å². The first-order valence-electron chi connectivity index (χ1n) is 12.2. The van der Waals surface area contributed by atoms with Crippen molar-refractivity contribution in [2.24, 2.45) is 5.92 Å². The van der Waals surface area contributed by atoms with E-state index in [2.05, 4.69) is 9.82 Å². The minimum Gasteiger partial charge on any atom is -0.486 e. The van der Waals surface area contributed by atoms with Gasteiger partial charge in [0.05, 0.1) is 23.7 Å². The summed E-state index contributed by atoms with van der Waals surface area (Å²) in [7, 11) is -3.53. The molecule has 1 saturated heterocycles. The van der Waals surface area contributed by atoms with Crippen LogP contribution in [0.4, 0.5) is 11.4 Å². The van der Waals surface area contributed by atoms with Crippen molar-refractivity contribution in [2.45, 2.75) is 37.4 Å². The molecule has 3 aromatic rings. The van der Waals surface area contributed by atoms with Crippen LogP contribution in [-0.2, 0) is 10.0 Å². The molecule has 5 rings (SSSR count). The second-order valence-corrected chi connectivity index (χ2v) is 11.8. The van der Waals surface area contributed by atoms with Crippen molar-refractivity contribution in [1.29, 1.82) is 0 Å². The normalized spacial score (nSPS) is 17.0. The van der Waals surface area contributed by atoms with Crippen molar-refractivity contribution in [3.05, 3.63) is 76.2 Å². The summed E-state index contributed by atoms with van der Waals surface area (Å²) in [6, 6.07) is 15.9. The number of para-hydroxylation sites is 1. The van der Waals surface area contributed by atoms with Gasteiger partial charge in [-0.3, -0.25) is 9.52 Å². The van der Waals surface area contributed by atoms with E-state index < -0.39 is 15.3 Å². The number of nitrogens with zero attached hydrogens (tertiary/aromatic N) is 3. The largest absolute Gasteiger partial charge is 0.486 e. The Labute approximate surface area is 215 Å². The topological polar surface area (TPSA) is 93.5 Å². The number of sulfonamides is 1. The summed E-state index contributed by atoms with van der Waals surface area (Å²) in [5, 5.41) is 4.39. The summed E-state index contributed by atoms with van der Waals surface area (Å²) >= 11 is 6.13. The van der Waals surface area contributed by atoms with E-state index in [9.17, 15) is 13.2 Å². The van der Waals surface area contributed by atoms with Crippen LogP contribution in [0.2, 0.25) is 5.02 Å². The van der Waals surface area contributed by atoms with Gasteiger partial charge in [0, 0.05) is 23.8 Å². The van der Waals surface area contributed by atoms with E-state index >= 15 is 0 Å². The number of halogens is 1. The van der Waals surface area contributed by atoms with Crippen LogP contribution in [0, 0.1) is 5.92 Å². The molecular weight excluding hydrogens is 500 g/mol. The highest BCUT2D eigenvalue weighted by Gasteiger charge is 2.32. The molecule has 0 atom stereocenters. The summed E-state index contributed by atoms with van der Waals surface area (Å²) in [6.45, 7) is 1.43. The maximum atomic E-state index is 13.5. The molecule has 0 radical (unpaired) electrons. The van der Waals surface area contributed by atoms with E-state index in [1.807, 2.05) is 11.0 Å². The van der Waals surface area contributed by atoms with E-state index in [0.29, 0.717) is 60.5 Å². The Morgan fingerprint density at radius 2 is 1.78 bits per heavy atom. The fraction of sp³-hybridized carbons (Fsp3) is 0.385. The standard InChI is InChI=1S/C26H29ClN4O4S/c27-20-8-5-11-22(16-20)31-26(32)25(35-18-19-6-4-7-19)24(17-28-31)30-14-12-23(13-15-30)36(33,34)29-21-9-2-1-3-10-21/h1-3,5,8-11,16-17,19,23,29H,4,6-7,12-15,18H2. The zero-order chi connectivity index (χ0) is 25.1. The van der Waals surface area contributed by atoms with Gasteiger partial charge >= 0.3 is 5.56 Å². The van der Waals surface area contributed by atoms with E-state index in [4.69, 9.17) is 16.3 Å². The lowest BCUT2D eigenvalue weighted by atomic mass is 9.86. The van der Waals surface area contributed by atoms with Crippen molar-refractivity contribution < 1.29 is 13.2 Å². The van der Waals surface area contributed by atoms with Gasteiger partial charge in [-0.25, -0.2) is 8.42 Å². The molecular formula is C26H29ClN4O4S. The zero-order valence-electron chi connectivity index (χ0n) is 19.8. The predicted molar refractivity (Wildman–Crippen MR) is 142 cm³/mol. The Hall–Kier alpha value is -3.04. The lowest BCUT2D eigenvalue weighted by Crippen LogP contribution is -2.42. The number of rotatable bonds is 8. The molecule has 0 spiro atoms. The van der Waals surface area contributed by atoms with Crippen LogP contribution in [-0.4, -0.2) is 43.1 Å². The third-order valence-corrected chi connectivity index (χ3v) is 9.02. The molecule has 1 aliphatic carbocycles. The van der Waals surface area contributed by atoms with Crippen LogP contribution < -0.4 is 19.9 Å². The number of hydrogen-bond donors (Lipinski definition) is 1. The van der Waals surface area contributed by atoms with Crippen molar-refractivity contribution in [1.82, 2.24) is 9.78 Å². The van der Waals surface area contributed by atoms with Crippen molar-refractivity contribution >= 4 is 33.0 Å². The van der Waals surface area contributed by atoms with Gasteiger partial charge in [-0.15, -0.1) is 0 Å². The highest BCUT2D eigenvalue weighted by Crippen LogP contribution is 2.32. The quantitative estimate of drug-likeness (QED) is 0.463. The average molecular weight is 529 g/mol. The van der Waals surface area contributed by atoms with Gasteiger partial charge < -0.3 is 9.64 Å². The first kappa shape index (κ1) is 24.6. The summed E-state index contributed by atoms with van der Waals surface area (Å²) < 4.78 is 36.0. The second-order valence-electron chi connectivity index (χ2n) is 9.36. The Kier molecular flexibility index (Phi) is 7.20. The third-order valence-electron chi connectivity index (χ3n) is 6.91. The number of benzene rings is 2. The van der Waals surface area contributed by atoms with Crippen LogP contribution in [0.3, 0.4) is 0 Å². The fourth-order valence-corrected chi connectivity index (χ4v) is 6.25. The summed E-state index contributed by atoms with van der Waals surface area (Å²) in [5.74, 6) is 0.700. The molecule has 1 saturated carbocycles. The highest BCUT2D eigenvalue weighted by atomic mass is 35.5. The van der Waals surface area contributed by atoms with Crippen molar-refractivity contribution in [3.63, 3.8) is 0 Å². The maximum Gasteiger partial charge on any atom is 0.316 e. The van der Waals surface area contributed by atoms with E-state index in [0.717, 1.165) is 12.8 Å².